The van der Waals surface area contributed by atoms with E-state index in [0.29, 0.717) is 55.4 Å². The van der Waals surface area contributed by atoms with E-state index in [1.54, 1.807) is 41.4 Å². The Bertz CT molecular complexity index is 2300. The van der Waals surface area contributed by atoms with Crippen molar-refractivity contribution in [2.45, 2.75) is 94.6 Å². The third kappa shape index (κ3) is 8.51. The molecule has 5 fully saturated rings. The number of rotatable bonds is 12. The molecule has 320 valence electrons. The maximum absolute atomic E-state index is 14.0. The Morgan fingerprint density at radius 1 is 1.03 bits per heavy atom. The minimum Gasteiger partial charge on any atom is -0.476 e. The number of benzene rings is 2. The molecule has 3 saturated heterocycles. The number of piperazine rings is 1. The molecule has 14 nitrogen and oxygen atoms in total. The Morgan fingerprint density at radius 3 is 2.43 bits per heavy atom. The summed E-state index contributed by atoms with van der Waals surface area (Å²) in [4.78, 5) is 63.1. The second kappa shape index (κ2) is 16.7. The van der Waals surface area contributed by atoms with Crippen LogP contribution in [0.25, 0.3) is 0 Å². The van der Waals surface area contributed by atoms with Gasteiger partial charge in [0.05, 0.1) is 41.3 Å². The number of nitriles is 1. The van der Waals surface area contributed by atoms with Crippen LogP contribution in [0.3, 0.4) is 0 Å². The number of nitrogens with zero attached hydrogens (tertiary/aromatic N) is 6. The molecular formula is C43H46F3N9O5S. The Morgan fingerprint density at radius 2 is 1.77 bits per heavy atom. The van der Waals surface area contributed by atoms with Crippen LogP contribution in [0, 0.1) is 11.3 Å². The Hall–Kier alpha value is -5.64. The van der Waals surface area contributed by atoms with Gasteiger partial charge in [0.25, 0.3) is 5.91 Å². The fourth-order valence-electron chi connectivity index (χ4n) is 8.92. The van der Waals surface area contributed by atoms with Crippen molar-refractivity contribution in [3.05, 3.63) is 71.4 Å². The minimum absolute atomic E-state index is 0.0398. The largest absolute Gasteiger partial charge is 0.476 e. The van der Waals surface area contributed by atoms with Crippen molar-refractivity contribution >= 4 is 63.7 Å². The quantitative estimate of drug-likeness (QED) is 0.154. The predicted molar refractivity (Wildman–Crippen MR) is 224 cm³/mol. The van der Waals surface area contributed by atoms with Crippen LogP contribution in [-0.4, -0.2) is 100.0 Å². The van der Waals surface area contributed by atoms with Crippen molar-refractivity contribution in [2.75, 3.05) is 53.2 Å². The van der Waals surface area contributed by atoms with Crippen LogP contribution in [0.4, 0.5) is 35.9 Å². The first-order valence-corrected chi connectivity index (χ1v) is 21.0. The van der Waals surface area contributed by atoms with Crippen molar-refractivity contribution < 1.29 is 37.1 Å². The number of carbonyl (C=O) groups excluding carboxylic acids is 4. The van der Waals surface area contributed by atoms with Crippen molar-refractivity contribution in [3.63, 3.8) is 0 Å². The first-order chi connectivity index (χ1) is 29.1. The fraction of sp³-hybridized carbons (Fsp3) is 0.465. The lowest BCUT2D eigenvalue weighted by atomic mass is 9.75. The summed E-state index contributed by atoms with van der Waals surface area (Å²) in [7, 11) is 0. The number of amides is 4. The molecule has 3 atom stereocenters. The number of aromatic nitrogens is 1. The molecule has 3 aliphatic heterocycles. The van der Waals surface area contributed by atoms with Crippen LogP contribution >= 0.6 is 12.2 Å². The average molecular weight is 858 g/mol. The van der Waals surface area contributed by atoms with Crippen LogP contribution in [-0.2, 0) is 25.4 Å². The molecule has 18 heteroatoms. The number of alkyl halides is 3. The molecule has 1 unspecified atom stereocenters. The number of pyridine rings is 1. The zero-order valence-electron chi connectivity index (χ0n) is 33.8. The van der Waals surface area contributed by atoms with E-state index in [4.69, 9.17) is 21.9 Å². The summed E-state index contributed by atoms with van der Waals surface area (Å²) in [5.74, 6) is -0.493. The molecule has 61 heavy (non-hydrogen) atoms. The summed E-state index contributed by atoms with van der Waals surface area (Å²) in [6.07, 6.45) is 1.09. The molecular weight excluding hydrogens is 812 g/mol. The van der Waals surface area contributed by atoms with Gasteiger partial charge in [-0.2, -0.15) is 18.4 Å². The van der Waals surface area contributed by atoms with Crippen LogP contribution in [0.1, 0.15) is 81.4 Å². The number of carbonyl (C=O) groups is 4. The van der Waals surface area contributed by atoms with Crippen LogP contribution < -0.4 is 30.5 Å². The summed E-state index contributed by atoms with van der Waals surface area (Å²) in [6, 6.07) is 13.5. The molecule has 0 bridgehead atoms. The van der Waals surface area contributed by atoms with Gasteiger partial charge in [-0.05, 0) is 113 Å². The Balaban J connectivity index is 0.877. The molecule has 4 heterocycles. The molecule has 8 rings (SSSR count). The fourth-order valence-corrected chi connectivity index (χ4v) is 9.38. The van der Waals surface area contributed by atoms with Gasteiger partial charge >= 0.3 is 6.18 Å². The minimum atomic E-state index is -4.79. The van der Waals surface area contributed by atoms with Crippen molar-refractivity contribution in [3.8, 4) is 11.9 Å². The molecule has 0 radical (unpaired) electrons. The van der Waals surface area contributed by atoms with E-state index < -0.39 is 34.8 Å². The number of anilines is 4. The van der Waals surface area contributed by atoms with Gasteiger partial charge in [0.15, 0.2) is 5.11 Å². The topological polar surface area (TPSA) is 163 Å². The standard InChI is InChI=1S/C43H46F3N9O5S/c1-25-22-52(23-26(2)53(25)24-37(57)50-30-6-3-5-29(17-30)49-35-11-12-36(56)51-38(35)58)15-16-60-39-33(27-7-8-27)18-32(21-48-39)55-41(61)54(40(59)42(55)13-4-14-42)31-10-9-28(20-47)34(19-31)43(44,45)46/h3,5-6,9-10,17-19,21,25-27,35,49H,4,7-8,11-16,22-24H2,1-2H3,(H,50,57)(H,51,56,58)/t25-,26+,35?. The number of piperidine rings is 1. The molecule has 4 amide bonds. The van der Waals surface area contributed by atoms with E-state index in [0.717, 1.165) is 54.9 Å². The lowest BCUT2D eigenvalue weighted by molar-refractivity contribution is -0.138. The van der Waals surface area contributed by atoms with Gasteiger partial charge in [-0.25, -0.2) is 4.98 Å². The van der Waals surface area contributed by atoms with Crippen molar-refractivity contribution in [1.82, 2.24) is 20.1 Å². The zero-order chi connectivity index (χ0) is 43.2. The Kier molecular flexibility index (Phi) is 11.5. The number of imide groups is 1. The summed E-state index contributed by atoms with van der Waals surface area (Å²) < 4.78 is 48.0. The van der Waals surface area contributed by atoms with Crippen molar-refractivity contribution in [1.29, 1.82) is 5.26 Å². The van der Waals surface area contributed by atoms with E-state index >= 15 is 0 Å². The summed E-state index contributed by atoms with van der Waals surface area (Å²) in [5.41, 5.74) is 0.00194. The highest BCUT2D eigenvalue weighted by Gasteiger charge is 2.60. The van der Waals surface area contributed by atoms with Crippen LogP contribution in [0.5, 0.6) is 5.88 Å². The molecule has 3 N–H and O–H groups in total. The molecule has 1 spiro atoms. The predicted octanol–water partition coefficient (Wildman–Crippen LogP) is 5.54. The number of halogens is 3. The van der Waals surface area contributed by atoms with E-state index in [2.05, 4.69) is 39.6 Å². The molecule has 3 aromatic rings. The van der Waals surface area contributed by atoms with Crippen LogP contribution in [0.15, 0.2) is 54.7 Å². The van der Waals surface area contributed by atoms with Gasteiger partial charge in [0, 0.05) is 55.1 Å². The van der Waals surface area contributed by atoms with Gasteiger partial charge < -0.3 is 20.3 Å². The zero-order valence-corrected chi connectivity index (χ0v) is 34.6. The van der Waals surface area contributed by atoms with Gasteiger partial charge in [0.2, 0.25) is 23.6 Å². The van der Waals surface area contributed by atoms with Gasteiger partial charge in [-0.15, -0.1) is 0 Å². The van der Waals surface area contributed by atoms with E-state index in [-0.39, 0.29) is 59.5 Å². The average Bonchev–Trinajstić information content (AvgIpc) is 4.01. The number of hydrogen-bond acceptors (Lipinski definition) is 11. The third-order valence-corrected chi connectivity index (χ3v) is 12.7. The summed E-state index contributed by atoms with van der Waals surface area (Å²) in [5, 5.41) is 17.8. The third-order valence-electron chi connectivity index (χ3n) is 12.3. The molecule has 2 aliphatic carbocycles. The first-order valence-electron chi connectivity index (χ1n) is 20.6. The highest BCUT2D eigenvalue weighted by molar-refractivity contribution is 7.81. The maximum atomic E-state index is 14.0. The highest BCUT2D eigenvalue weighted by atomic mass is 32.1. The monoisotopic (exact) mass is 857 g/mol. The van der Waals surface area contributed by atoms with Crippen molar-refractivity contribution in [2.24, 2.45) is 0 Å². The number of ether oxygens (including phenoxy) is 1. The smallest absolute Gasteiger partial charge is 0.417 e. The second-order valence-corrected chi connectivity index (χ2v) is 17.0. The Labute approximate surface area is 356 Å². The lowest BCUT2D eigenvalue weighted by Gasteiger charge is -2.44. The number of nitrogens with one attached hydrogen (secondary N) is 3. The molecule has 2 saturated carbocycles. The number of hydrogen-bond donors (Lipinski definition) is 3. The molecule has 1 aromatic heterocycles. The van der Waals surface area contributed by atoms with Gasteiger partial charge in [-0.3, -0.25) is 39.2 Å². The summed E-state index contributed by atoms with van der Waals surface area (Å²) >= 11 is 5.84. The summed E-state index contributed by atoms with van der Waals surface area (Å²) in [6.45, 7) is 6.82. The normalized spacial score (nSPS) is 23.1. The highest BCUT2D eigenvalue weighted by Crippen LogP contribution is 2.50. The van der Waals surface area contributed by atoms with E-state index in [9.17, 15) is 37.6 Å². The molecule has 2 aromatic carbocycles. The molecule has 5 aliphatic rings. The lowest BCUT2D eigenvalue weighted by Crippen LogP contribution is -2.58. The van der Waals surface area contributed by atoms with Gasteiger partial charge in [-0.1, -0.05) is 6.07 Å². The SMILES string of the molecule is C[C@@H]1CN(CCOc2ncc(N3C(=S)N(c4ccc(C#N)c(C(F)(F)F)c4)C(=O)C34CCC4)cc2C2CC2)C[C@H](C)N1CC(=O)Nc1cccc(NC2CCC(=O)NC2=O)c1. The van der Waals surface area contributed by atoms with E-state index in [1.165, 1.54) is 6.07 Å². The number of thiocarbonyl (C=S) groups is 1. The first kappa shape index (κ1) is 42.1. The van der Waals surface area contributed by atoms with E-state index in [1.807, 2.05) is 6.07 Å². The van der Waals surface area contributed by atoms with Gasteiger partial charge in [0.1, 0.15) is 18.2 Å². The van der Waals surface area contributed by atoms with Crippen LogP contribution in [0.2, 0.25) is 0 Å². The second-order valence-electron chi connectivity index (χ2n) is 16.6. The maximum Gasteiger partial charge on any atom is 0.417 e.